The number of hydrazine groups is 1. The molecule has 0 atom stereocenters. The SMILES string of the molecule is Cc1ncsc1CNc1nc(NN)nc(-n2cncn2)n1. The molecule has 0 amide bonds. The Morgan fingerprint density at radius 1 is 1.29 bits per heavy atom. The van der Waals surface area contributed by atoms with Gasteiger partial charge in [-0.15, -0.1) is 11.3 Å². The number of hydrogen-bond acceptors (Lipinski definition) is 10. The summed E-state index contributed by atoms with van der Waals surface area (Å²) >= 11 is 1.57. The van der Waals surface area contributed by atoms with Crippen LogP contribution >= 0.6 is 11.3 Å². The van der Waals surface area contributed by atoms with E-state index >= 15 is 0 Å². The summed E-state index contributed by atoms with van der Waals surface area (Å²) in [6.07, 6.45) is 2.89. The molecule has 3 aromatic rings. The fourth-order valence-electron chi connectivity index (χ4n) is 1.58. The standard InChI is InChI=1S/C10H12N10S/c1-6-7(21-5-14-6)2-13-8-16-9(19-11)18-10(17-8)20-4-12-3-15-20/h3-5H,2,11H2,1H3,(H2,13,16,17,18,19). The first-order valence-electron chi connectivity index (χ1n) is 5.97. The number of aromatic nitrogens is 7. The van der Waals surface area contributed by atoms with Gasteiger partial charge in [0.15, 0.2) is 0 Å². The topological polar surface area (TPSA) is 132 Å². The fourth-order valence-corrected chi connectivity index (χ4v) is 2.29. The summed E-state index contributed by atoms with van der Waals surface area (Å²) in [7, 11) is 0. The molecule has 0 fully saturated rings. The number of nitrogens with two attached hydrogens (primary N) is 1. The summed E-state index contributed by atoms with van der Waals surface area (Å²) in [4.78, 5) is 21.7. The number of nitrogens with one attached hydrogen (secondary N) is 2. The van der Waals surface area contributed by atoms with E-state index in [2.05, 4.69) is 40.8 Å². The highest BCUT2D eigenvalue weighted by Gasteiger charge is 2.09. The highest BCUT2D eigenvalue weighted by Crippen LogP contribution is 2.14. The molecule has 0 spiro atoms. The van der Waals surface area contributed by atoms with E-state index in [1.807, 2.05) is 6.92 Å². The Morgan fingerprint density at radius 3 is 2.81 bits per heavy atom. The zero-order valence-electron chi connectivity index (χ0n) is 11.1. The summed E-state index contributed by atoms with van der Waals surface area (Å²) in [5.41, 5.74) is 5.18. The Bertz CT molecular complexity index is 721. The molecule has 4 N–H and O–H groups in total. The molecule has 0 unspecified atom stereocenters. The van der Waals surface area contributed by atoms with Crippen LogP contribution in [-0.4, -0.2) is 34.7 Å². The average molecular weight is 304 g/mol. The number of hydrogen-bond donors (Lipinski definition) is 3. The van der Waals surface area contributed by atoms with Crippen molar-refractivity contribution in [1.29, 1.82) is 0 Å². The van der Waals surface area contributed by atoms with Gasteiger partial charge in [0.1, 0.15) is 12.7 Å². The molecule has 0 aromatic carbocycles. The molecule has 21 heavy (non-hydrogen) atoms. The average Bonchev–Trinajstić information content (AvgIpc) is 3.16. The monoisotopic (exact) mass is 304 g/mol. The van der Waals surface area contributed by atoms with Crippen molar-refractivity contribution < 1.29 is 0 Å². The summed E-state index contributed by atoms with van der Waals surface area (Å²) in [6, 6.07) is 0. The Kier molecular flexibility index (Phi) is 3.66. The quantitative estimate of drug-likeness (QED) is 0.444. The second kappa shape index (κ2) is 5.76. The molecular formula is C10H12N10S. The van der Waals surface area contributed by atoms with E-state index in [4.69, 9.17) is 5.84 Å². The van der Waals surface area contributed by atoms with Gasteiger partial charge in [-0.3, -0.25) is 5.43 Å². The normalized spacial score (nSPS) is 10.6. The second-order valence-electron chi connectivity index (χ2n) is 3.98. The first-order valence-corrected chi connectivity index (χ1v) is 6.85. The van der Waals surface area contributed by atoms with Gasteiger partial charge in [0.05, 0.1) is 17.7 Å². The Balaban J connectivity index is 1.84. The van der Waals surface area contributed by atoms with Gasteiger partial charge in [-0.25, -0.2) is 15.8 Å². The van der Waals surface area contributed by atoms with Crippen LogP contribution in [0.25, 0.3) is 5.95 Å². The third-order valence-corrected chi connectivity index (χ3v) is 3.56. The minimum absolute atomic E-state index is 0.235. The minimum atomic E-state index is 0.235. The molecule has 3 aromatic heterocycles. The lowest BCUT2D eigenvalue weighted by atomic mass is 10.4. The number of nitrogen functional groups attached to an aromatic ring is 1. The molecule has 0 aliphatic carbocycles. The van der Waals surface area contributed by atoms with Crippen LogP contribution in [0.3, 0.4) is 0 Å². The van der Waals surface area contributed by atoms with Gasteiger partial charge in [-0.1, -0.05) is 0 Å². The maximum absolute atomic E-state index is 5.37. The lowest BCUT2D eigenvalue weighted by Gasteiger charge is -2.07. The van der Waals surface area contributed by atoms with Crippen molar-refractivity contribution in [1.82, 2.24) is 34.7 Å². The summed E-state index contributed by atoms with van der Waals surface area (Å²) in [5.74, 6) is 6.31. The molecule has 3 rings (SSSR count). The number of nitrogens with zero attached hydrogens (tertiary/aromatic N) is 7. The van der Waals surface area contributed by atoms with Crippen molar-refractivity contribution in [3.63, 3.8) is 0 Å². The molecule has 0 saturated carbocycles. The third-order valence-electron chi connectivity index (χ3n) is 2.63. The van der Waals surface area contributed by atoms with Crippen molar-refractivity contribution in [2.75, 3.05) is 10.7 Å². The molecule has 0 aliphatic heterocycles. The van der Waals surface area contributed by atoms with Crippen LogP contribution in [0.1, 0.15) is 10.6 Å². The van der Waals surface area contributed by atoms with Crippen LogP contribution in [0.15, 0.2) is 18.2 Å². The van der Waals surface area contributed by atoms with Gasteiger partial charge >= 0.3 is 0 Å². The van der Waals surface area contributed by atoms with Crippen molar-refractivity contribution in [3.8, 4) is 5.95 Å². The van der Waals surface area contributed by atoms with E-state index in [1.54, 1.807) is 16.8 Å². The molecule has 108 valence electrons. The van der Waals surface area contributed by atoms with Crippen LogP contribution in [0.2, 0.25) is 0 Å². The van der Waals surface area contributed by atoms with Gasteiger partial charge in [0.2, 0.25) is 11.9 Å². The highest BCUT2D eigenvalue weighted by molar-refractivity contribution is 7.09. The lowest BCUT2D eigenvalue weighted by molar-refractivity contribution is 0.794. The Labute approximate surface area is 123 Å². The van der Waals surface area contributed by atoms with Crippen LogP contribution < -0.4 is 16.6 Å². The molecule has 10 nitrogen and oxygen atoms in total. The molecule has 0 saturated heterocycles. The van der Waals surface area contributed by atoms with E-state index < -0.39 is 0 Å². The highest BCUT2D eigenvalue weighted by atomic mass is 32.1. The van der Waals surface area contributed by atoms with Crippen LogP contribution in [0.4, 0.5) is 11.9 Å². The molecule has 11 heteroatoms. The lowest BCUT2D eigenvalue weighted by Crippen LogP contribution is -2.16. The smallest absolute Gasteiger partial charge is 0.258 e. The number of anilines is 2. The van der Waals surface area contributed by atoms with Gasteiger partial charge in [0, 0.05) is 4.88 Å². The van der Waals surface area contributed by atoms with Crippen LogP contribution in [0.5, 0.6) is 0 Å². The predicted octanol–water partition coefficient (Wildman–Crippen LogP) is 0.115. The van der Waals surface area contributed by atoms with Crippen LogP contribution in [0, 0.1) is 6.92 Å². The first-order chi connectivity index (χ1) is 10.3. The van der Waals surface area contributed by atoms with Crippen LogP contribution in [-0.2, 0) is 6.54 Å². The van der Waals surface area contributed by atoms with E-state index in [0.29, 0.717) is 18.4 Å². The molecule has 0 radical (unpaired) electrons. The molecule has 3 heterocycles. The van der Waals surface area contributed by atoms with Gasteiger partial charge < -0.3 is 5.32 Å². The zero-order chi connectivity index (χ0) is 14.7. The second-order valence-corrected chi connectivity index (χ2v) is 4.92. The largest absolute Gasteiger partial charge is 0.349 e. The van der Waals surface area contributed by atoms with Crippen molar-refractivity contribution in [2.24, 2.45) is 5.84 Å². The number of thiazole rings is 1. The molecule has 0 bridgehead atoms. The number of aryl methyl sites for hydroxylation is 1. The summed E-state index contributed by atoms with van der Waals surface area (Å²) in [6.45, 7) is 2.52. The Hall–Kier alpha value is -2.66. The van der Waals surface area contributed by atoms with E-state index in [0.717, 1.165) is 10.6 Å². The van der Waals surface area contributed by atoms with Gasteiger partial charge in [-0.05, 0) is 6.92 Å². The zero-order valence-corrected chi connectivity index (χ0v) is 11.9. The van der Waals surface area contributed by atoms with E-state index in [9.17, 15) is 0 Å². The maximum atomic E-state index is 5.37. The first kappa shape index (κ1) is 13.3. The molecular weight excluding hydrogens is 292 g/mol. The predicted molar refractivity (Wildman–Crippen MR) is 76.7 cm³/mol. The third kappa shape index (κ3) is 2.93. The summed E-state index contributed by atoms with van der Waals surface area (Å²) < 4.78 is 1.42. The van der Waals surface area contributed by atoms with Crippen molar-refractivity contribution in [2.45, 2.75) is 13.5 Å². The van der Waals surface area contributed by atoms with Gasteiger partial charge in [0.25, 0.3) is 5.95 Å². The maximum Gasteiger partial charge on any atom is 0.258 e. The molecule has 0 aliphatic rings. The van der Waals surface area contributed by atoms with Crippen molar-refractivity contribution >= 4 is 23.2 Å². The minimum Gasteiger partial charge on any atom is -0.349 e. The van der Waals surface area contributed by atoms with Crippen molar-refractivity contribution in [3.05, 3.63) is 28.7 Å². The summed E-state index contributed by atoms with van der Waals surface area (Å²) in [5, 5.41) is 7.09. The van der Waals surface area contributed by atoms with Gasteiger partial charge in [-0.2, -0.15) is 24.7 Å². The van der Waals surface area contributed by atoms with E-state index in [1.165, 1.54) is 17.3 Å². The fraction of sp³-hybridized carbons (Fsp3) is 0.200. The van der Waals surface area contributed by atoms with E-state index in [-0.39, 0.29) is 5.95 Å². The number of rotatable bonds is 5. The Morgan fingerprint density at radius 2 is 2.14 bits per heavy atom.